The monoisotopic (exact) mass is 313 g/mol. The number of rotatable bonds is 6. The number of hydrogen-bond donors (Lipinski definition) is 1. The fourth-order valence-corrected chi connectivity index (χ4v) is 2.26. The lowest BCUT2D eigenvalue weighted by Crippen LogP contribution is -2.26. The second-order valence-corrected chi connectivity index (χ2v) is 5.13. The first kappa shape index (κ1) is 16.7. The van der Waals surface area contributed by atoms with E-state index >= 15 is 0 Å². The Labute approximate surface area is 135 Å². The van der Waals surface area contributed by atoms with Gasteiger partial charge in [-0.05, 0) is 47.9 Å². The van der Waals surface area contributed by atoms with E-state index in [-0.39, 0.29) is 17.8 Å². The van der Waals surface area contributed by atoms with E-state index in [0.29, 0.717) is 5.56 Å². The molecule has 0 bridgehead atoms. The summed E-state index contributed by atoms with van der Waals surface area (Å²) in [5.41, 5.74) is 1.67. The third-order valence-electron chi connectivity index (χ3n) is 3.52. The molecule has 23 heavy (non-hydrogen) atoms. The van der Waals surface area contributed by atoms with E-state index in [9.17, 15) is 9.18 Å². The predicted octanol–water partition coefficient (Wildman–Crippen LogP) is 4.12. The van der Waals surface area contributed by atoms with Gasteiger partial charge in [-0.2, -0.15) is 0 Å². The van der Waals surface area contributed by atoms with E-state index in [1.54, 1.807) is 25.3 Å². The molecule has 1 amide bonds. The molecular formula is C19H20FNO2. The lowest BCUT2D eigenvalue weighted by atomic mass is 10.0. The molecule has 0 saturated heterocycles. The van der Waals surface area contributed by atoms with Crippen LogP contribution in [0.1, 0.15) is 30.5 Å². The van der Waals surface area contributed by atoms with Crippen LogP contribution < -0.4 is 10.1 Å². The highest BCUT2D eigenvalue weighted by Gasteiger charge is 2.11. The molecule has 0 saturated carbocycles. The first-order chi connectivity index (χ1) is 11.1. The first-order valence-electron chi connectivity index (χ1n) is 7.50. The maximum absolute atomic E-state index is 13.1. The summed E-state index contributed by atoms with van der Waals surface area (Å²) in [4.78, 5) is 12.1. The number of halogens is 1. The molecule has 2 rings (SSSR count). The summed E-state index contributed by atoms with van der Waals surface area (Å²) in [6.45, 7) is 2.01. The van der Waals surface area contributed by atoms with Crippen LogP contribution in [0.4, 0.5) is 4.39 Å². The van der Waals surface area contributed by atoms with Crippen molar-refractivity contribution in [2.45, 2.75) is 19.4 Å². The number of amides is 1. The third kappa shape index (κ3) is 4.95. The molecule has 0 spiro atoms. The Hall–Kier alpha value is -2.62. The average Bonchev–Trinajstić information content (AvgIpc) is 2.58. The Bertz CT molecular complexity index is 680. The van der Waals surface area contributed by atoms with Crippen molar-refractivity contribution in [2.24, 2.45) is 0 Å². The van der Waals surface area contributed by atoms with Crippen LogP contribution in [0.25, 0.3) is 6.08 Å². The van der Waals surface area contributed by atoms with Gasteiger partial charge in [0.15, 0.2) is 0 Å². The number of benzene rings is 2. The zero-order valence-electron chi connectivity index (χ0n) is 13.3. The van der Waals surface area contributed by atoms with Gasteiger partial charge in [0.25, 0.3) is 0 Å². The number of ether oxygens (including phenoxy) is 1. The molecule has 2 aromatic carbocycles. The van der Waals surface area contributed by atoms with E-state index in [1.807, 2.05) is 31.2 Å². The predicted molar refractivity (Wildman–Crippen MR) is 89.6 cm³/mol. The van der Waals surface area contributed by atoms with Gasteiger partial charge in [-0.25, -0.2) is 4.39 Å². The van der Waals surface area contributed by atoms with Crippen molar-refractivity contribution >= 4 is 12.0 Å². The van der Waals surface area contributed by atoms with E-state index in [0.717, 1.165) is 17.7 Å². The van der Waals surface area contributed by atoms with Crippen LogP contribution in [0.2, 0.25) is 0 Å². The smallest absolute Gasteiger partial charge is 0.244 e. The standard InChI is InChI=1S/C19H20FNO2/c1-3-18(15-8-10-17(23-2)11-9-15)21-19(22)12-7-14-5-4-6-16(20)13-14/h4-13,18H,3H2,1-2H3,(H,21,22)/b12-7+/t18-/m1/s1. The molecule has 0 aromatic heterocycles. The van der Waals surface area contributed by atoms with Crippen molar-refractivity contribution in [3.8, 4) is 5.75 Å². The van der Waals surface area contributed by atoms with Crippen molar-refractivity contribution < 1.29 is 13.9 Å². The molecule has 0 heterocycles. The number of carbonyl (C=O) groups excluding carboxylic acids is 1. The zero-order valence-corrected chi connectivity index (χ0v) is 13.3. The minimum absolute atomic E-state index is 0.0782. The zero-order chi connectivity index (χ0) is 16.7. The van der Waals surface area contributed by atoms with E-state index in [1.165, 1.54) is 18.2 Å². The van der Waals surface area contributed by atoms with Gasteiger partial charge >= 0.3 is 0 Å². The van der Waals surface area contributed by atoms with Crippen molar-refractivity contribution in [3.05, 3.63) is 71.6 Å². The number of nitrogens with one attached hydrogen (secondary N) is 1. The summed E-state index contributed by atoms with van der Waals surface area (Å²) < 4.78 is 18.2. The quantitative estimate of drug-likeness (QED) is 0.815. The van der Waals surface area contributed by atoms with Gasteiger partial charge < -0.3 is 10.1 Å². The maximum atomic E-state index is 13.1. The molecule has 1 N–H and O–H groups in total. The normalized spacial score (nSPS) is 12.1. The average molecular weight is 313 g/mol. The molecule has 0 fully saturated rings. The molecule has 2 aromatic rings. The van der Waals surface area contributed by atoms with Gasteiger partial charge in [0.2, 0.25) is 5.91 Å². The SMILES string of the molecule is CC[C@@H](NC(=O)/C=C/c1cccc(F)c1)c1ccc(OC)cc1. The Morgan fingerprint density at radius 2 is 2.00 bits per heavy atom. The maximum Gasteiger partial charge on any atom is 0.244 e. The minimum atomic E-state index is -0.322. The van der Waals surface area contributed by atoms with E-state index in [2.05, 4.69) is 5.32 Å². The van der Waals surface area contributed by atoms with Crippen molar-refractivity contribution in [2.75, 3.05) is 7.11 Å². The highest BCUT2D eigenvalue weighted by Crippen LogP contribution is 2.20. The third-order valence-corrected chi connectivity index (χ3v) is 3.52. The molecular weight excluding hydrogens is 293 g/mol. The molecule has 120 valence electrons. The summed E-state index contributed by atoms with van der Waals surface area (Å²) in [6, 6.07) is 13.6. The van der Waals surface area contributed by atoms with Crippen LogP contribution >= 0.6 is 0 Å². The van der Waals surface area contributed by atoms with Gasteiger partial charge in [0.1, 0.15) is 11.6 Å². The minimum Gasteiger partial charge on any atom is -0.497 e. The van der Waals surface area contributed by atoms with Crippen LogP contribution in [0.5, 0.6) is 5.75 Å². The molecule has 4 heteroatoms. The summed E-state index contributed by atoms with van der Waals surface area (Å²) >= 11 is 0. The fraction of sp³-hybridized carbons (Fsp3) is 0.211. The van der Waals surface area contributed by atoms with Crippen molar-refractivity contribution in [1.82, 2.24) is 5.32 Å². The van der Waals surface area contributed by atoms with E-state index in [4.69, 9.17) is 4.74 Å². The summed E-state index contributed by atoms with van der Waals surface area (Å²) in [6.07, 6.45) is 3.78. The fourth-order valence-electron chi connectivity index (χ4n) is 2.26. The Morgan fingerprint density at radius 1 is 1.26 bits per heavy atom. The number of methoxy groups -OCH3 is 1. The van der Waals surface area contributed by atoms with Crippen LogP contribution in [-0.4, -0.2) is 13.0 Å². The lowest BCUT2D eigenvalue weighted by Gasteiger charge is -2.16. The molecule has 0 unspecified atom stereocenters. The number of carbonyl (C=O) groups is 1. The lowest BCUT2D eigenvalue weighted by molar-refractivity contribution is -0.117. The van der Waals surface area contributed by atoms with Crippen LogP contribution in [-0.2, 0) is 4.79 Å². The van der Waals surface area contributed by atoms with Crippen LogP contribution in [0, 0.1) is 5.82 Å². The van der Waals surface area contributed by atoms with Gasteiger partial charge in [-0.1, -0.05) is 31.2 Å². The van der Waals surface area contributed by atoms with Crippen LogP contribution in [0.3, 0.4) is 0 Å². The van der Waals surface area contributed by atoms with Gasteiger partial charge in [-0.15, -0.1) is 0 Å². The Kier molecular flexibility index (Phi) is 5.92. The largest absolute Gasteiger partial charge is 0.497 e. The summed E-state index contributed by atoms with van der Waals surface area (Å²) in [5.74, 6) is 0.245. The van der Waals surface area contributed by atoms with E-state index < -0.39 is 0 Å². The molecule has 3 nitrogen and oxygen atoms in total. The number of hydrogen-bond acceptors (Lipinski definition) is 2. The Morgan fingerprint density at radius 3 is 2.61 bits per heavy atom. The first-order valence-corrected chi connectivity index (χ1v) is 7.50. The van der Waals surface area contributed by atoms with Crippen LogP contribution in [0.15, 0.2) is 54.6 Å². The molecule has 1 atom stereocenters. The van der Waals surface area contributed by atoms with Gasteiger partial charge in [0, 0.05) is 6.08 Å². The van der Waals surface area contributed by atoms with Gasteiger partial charge in [0.05, 0.1) is 13.2 Å². The van der Waals surface area contributed by atoms with Crippen molar-refractivity contribution in [3.63, 3.8) is 0 Å². The highest BCUT2D eigenvalue weighted by atomic mass is 19.1. The van der Waals surface area contributed by atoms with Crippen molar-refractivity contribution in [1.29, 1.82) is 0 Å². The summed E-state index contributed by atoms with van der Waals surface area (Å²) in [7, 11) is 1.62. The summed E-state index contributed by atoms with van der Waals surface area (Å²) in [5, 5.41) is 2.95. The second-order valence-electron chi connectivity index (χ2n) is 5.13. The molecule has 0 aliphatic carbocycles. The molecule has 0 radical (unpaired) electrons. The highest BCUT2D eigenvalue weighted by molar-refractivity contribution is 5.92. The molecule has 0 aliphatic heterocycles. The molecule has 0 aliphatic rings. The topological polar surface area (TPSA) is 38.3 Å². The second kappa shape index (κ2) is 8.13. The Balaban J connectivity index is 2.01. The van der Waals surface area contributed by atoms with Gasteiger partial charge in [-0.3, -0.25) is 4.79 Å².